The lowest BCUT2D eigenvalue weighted by molar-refractivity contribution is -0.115. The predicted octanol–water partition coefficient (Wildman–Crippen LogP) is 3.58. The molecule has 2 aromatic carbocycles. The van der Waals surface area contributed by atoms with Gasteiger partial charge in [-0.25, -0.2) is 9.79 Å². The molecule has 2 aromatic rings. The lowest BCUT2D eigenvalue weighted by atomic mass is 10.1. The third-order valence-corrected chi connectivity index (χ3v) is 4.22. The van der Waals surface area contributed by atoms with Crippen LogP contribution in [-0.2, 0) is 4.79 Å². The number of amides is 1. The van der Waals surface area contributed by atoms with Crippen LogP contribution in [0.2, 0.25) is 0 Å². The van der Waals surface area contributed by atoms with Gasteiger partial charge in [0.1, 0.15) is 0 Å². The summed E-state index contributed by atoms with van der Waals surface area (Å²) in [4.78, 5) is 27.9. The minimum atomic E-state index is -1.01. The monoisotopic (exact) mass is 338 g/mol. The maximum Gasteiger partial charge on any atom is 0.335 e. The Hall–Kier alpha value is -2.86. The van der Waals surface area contributed by atoms with E-state index in [0.717, 1.165) is 11.1 Å². The normalized spacial score (nSPS) is 17.3. The molecule has 1 fully saturated rings. The minimum Gasteiger partial charge on any atom is -0.478 e. The van der Waals surface area contributed by atoms with Crippen molar-refractivity contribution in [2.24, 2.45) is 4.99 Å². The summed E-state index contributed by atoms with van der Waals surface area (Å²) in [6.07, 6.45) is 1.81. The molecule has 0 aliphatic carbocycles. The van der Waals surface area contributed by atoms with Gasteiger partial charge in [0.15, 0.2) is 5.17 Å². The Balaban J connectivity index is 1.84. The summed E-state index contributed by atoms with van der Waals surface area (Å²) in [5.41, 5.74) is 2.70. The van der Waals surface area contributed by atoms with Crippen molar-refractivity contribution in [1.82, 2.24) is 5.32 Å². The van der Waals surface area contributed by atoms with Crippen LogP contribution in [0.1, 0.15) is 21.5 Å². The molecule has 5 nitrogen and oxygen atoms in total. The highest BCUT2D eigenvalue weighted by molar-refractivity contribution is 8.18. The second kappa shape index (κ2) is 6.72. The van der Waals surface area contributed by atoms with E-state index in [2.05, 4.69) is 10.3 Å². The second-order valence-electron chi connectivity index (χ2n) is 5.25. The van der Waals surface area contributed by atoms with E-state index in [-0.39, 0.29) is 11.5 Å². The van der Waals surface area contributed by atoms with Crippen LogP contribution in [0.4, 0.5) is 5.69 Å². The Morgan fingerprint density at radius 1 is 1.21 bits per heavy atom. The molecule has 1 saturated heterocycles. The molecular formula is C18H14N2O3S. The number of thioether (sulfide) groups is 1. The quantitative estimate of drug-likeness (QED) is 0.838. The number of nitrogens with one attached hydrogen (secondary N) is 1. The molecule has 1 aliphatic rings. The van der Waals surface area contributed by atoms with Crippen LogP contribution >= 0.6 is 11.8 Å². The van der Waals surface area contributed by atoms with Crippen molar-refractivity contribution in [3.05, 3.63) is 70.1 Å². The molecule has 120 valence electrons. The van der Waals surface area contributed by atoms with Crippen LogP contribution in [0.25, 0.3) is 6.08 Å². The van der Waals surface area contributed by atoms with Crippen molar-refractivity contribution in [3.8, 4) is 0 Å². The summed E-state index contributed by atoms with van der Waals surface area (Å²) < 4.78 is 0. The van der Waals surface area contributed by atoms with E-state index in [1.807, 2.05) is 37.3 Å². The standard InChI is InChI=1S/C18H14N2O3S/c1-11-4-2-5-12(8-11)9-15-16(21)20-18(24-15)19-14-7-3-6-13(10-14)17(22)23/h2-10H,1H3,(H,22,23)(H,19,20,21)/b15-9-. The van der Waals surface area contributed by atoms with Gasteiger partial charge in [0.05, 0.1) is 16.2 Å². The Morgan fingerprint density at radius 3 is 2.75 bits per heavy atom. The van der Waals surface area contributed by atoms with Crippen molar-refractivity contribution < 1.29 is 14.7 Å². The van der Waals surface area contributed by atoms with Gasteiger partial charge < -0.3 is 10.4 Å². The molecule has 1 aliphatic heterocycles. The van der Waals surface area contributed by atoms with Gasteiger partial charge in [-0.3, -0.25) is 4.79 Å². The number of carboxylic acids is 1. The lowest BCUT2D eigenvalue weighted by Gasteiger charge is -1.98. The molecule has 6 heteroatoms. The van der Waals surface area contributed by atoms with Crippen LogP contribution in [0, 0.1) is 6.92 Å². The van der Waals surface area contributed by atoms with E-state index in [1.165, 1.54) is 23.9 Å². The SMILES string of the molecule is Cc1cccc(/C=C2\SC(=Nc3cccc(C(=O)O)c3)NC2=O)c1. The highest BCUT2D eigenvalue weighted by atomic mass is 32.2. The van der Waals surface area contributed by atoms with Gasteiger partial charge in [0.2, 0.25) is 0 Å². The van der Waals surface area contributed by atoms with Crippen LogP contribution < -0.4 is 5.32 Å². The van der Waals surface area contributed by atoms with Crippen LogP contribution in [0.15, 0.2) is 58.4 Å². The molecule has 0 aromatic heterocycles. The average molecular weight is 338 g/mol. The van der Waals surface area contributed by atoms with Gasteiger partial charge in [0, 0.05) is 0 Å². The Morgan fingerprint density at radius 2 is 2.00 bits per heavy atom. The number of carbonyl (C=O) groups is 2. The molecule has 1 amide bonds. The van der Waals surface area contributed by atoms with E-state index in [1.54, 1.807) is 12.1 Å². The number of amidine groups is 1. The van der Waals surface area contributed by atoms with Gasteiger partial charge in [-0.15, -0.1) is 0 Å². The highest BCUT2D eigenvalue weighted by Crippen LogP contribution is 2.28. The fourth-order valence-electron chi connectivity index (χ4n) is 2.22. The number of aromatic carboxylic acids is 1. The zero-order valence-corrected chi connectivity index (χ0v) is 13.6. The van der Waals surface area contributed by atoms with Gasteiger partial charge >= 0.3 is 5.97 Å². The molecule has 0 bridgehead atoms. The number of aliphatic imine (C=N–C) groups is 1. The number of carbonyl (C=O) groups excluding carboxylic acids is 1. The van der Waals surface area contributed by atoms with E-state index in [0.29, 0.717) is 15.8 Å². The Labute approximate surface area is 143 Å². The summed E-state index contributed by atoms with van der Waals surface area (Å²) in [7, 11) is 0. The molecule has 1 heterocycles. The third-order valence-electron chi connectivity index (χ3n) is 3.31. The number of rotatable bonds is 3. The van der Waals surface area contributed by atoms with E-state index >= 15 is 0 Å². The molecule has 0 spiro atoms. The minimum absolute atomic E-state index is 0.154. The van der Waals surface area contributed by atoms with E-state index in [4.69, 9.17) is 5.11 Å². The molecule has 3 rings (SSSR count). The van der Waals surface area contributed by atoms with E-state index < -0.39 is 5.97 Å². The summed E-state index contributed by atoms with van der Waals surface area (Å²) in [5, 5.41) is 12.1. The highest BCUT2D eigenvalue weighted by Gasteiger charge is 2.23. The number of carboxylic acid groups (broad SMARTS) is 1. The Bertz CT molecular complexity index is 887. The van der Waals surface area contributed by atoms with Gasteiger partial charge in [-0.1, -0.05) is 35.9 Å². The van der Waals surface area contributed by atoms with Crippen LogP contribution in [0.5, 0.6) is 0 Å². The first kappa shape index (κ1) is 16.0. The van der Waals surface area contributed by atoms with Gasteiger partial charge in [0.25, 0.3) is 5.91 Å². The van der Waals surface area contributed by atoms with Crippen LogP contribution in [-0.4, -0.2) is 22.2 Å². The maximum atomic E-state index is 12.1. The smallest absolute Gasteiger partial charge is 0.335 e. The molecule has 24 heavy (non-hydrogen) atoms. The van der Waals surface area contributed by atoms with E-state index in [9.17, 15) is 9.59 Å². The molecular weight excluding hydrogens is 324 g/mol. The fraction of sp³-hybridized carbons (Fsp3) is 0.0556. The third kappa shape index (κ3) is 3.72. The lowest BCUT2D eigenvalue weighted by Crippen LogP contribution is -2.19. The zero-order valence-electron chi connectivity index (χ0n) is 12.8. The zero-order chi connectivity index (χ0) is 17.1. The molecule has 0 atom stereocenters. The molecule has 2 N–H and O–H groups in total. The summed E-state index contributed by atoms with van der Waals surface area (Å²) in [5.74, 6) is -1.23. The first-order valence-electron chi connectivity index (χ1n) is 7.21. The number of benzene rings is 2. The first-order chi connectivity index (χ1) is 11.5. The number of hydrogen-bond acceptors (Lipinski definition) is 4. The topological polar surface area (TPSA) is 78.8 Å². The van der Waals surface area contributed by atoms with Crippen molar-refractivity contribution in [3.63, 3.8) is 0 Å². The Kier molecular flexibility index (Phi) is 4.48. The number of aryl methyl sites for hydroxylation is 1. The second-order valence-corrected chi connectivity index (χ2v) is 6.28. The van der Waals surface area contributed by atoms with Crippen LogP contribution in [0.3, 0.4) is 0 Å². The van der Waals surface area contributed by atoms with Crippen molar-refractivity contribution in [2.75, 3.05) is 0 Å². The average Bonchev–Trinajstić information content (AvgIpc) is 2.87. The van der Waals surface area contributed by atoms with Crippen molar-refractivity contribution in [1.29, 1.82) is 0 Å². The number of hydrogen-bond donors (Lipinski definition) is 2. The maximum absolute atomic E-state index is 12.1. The first-order valence-corrected chi connectivity index (χ1v) is 8.02. The predicted molar refractivity (Wildman–Crippen MR) is 95.4 cm³/mol. The molecule has 0 radical (unpaired) electrons. The molecule has 0 unspecified atom stereocenters. The summed E-state index contributed by atoms with van der Waals surface area (Å²) in [6, 6.07) is 14.1. The largest absolute Gasteiger partial charge is 0.478 e. The fourth-order valence-corrected chi connectivity index (χ4v) is 3.06. The van der Waals surface area contributed by atoms with Crippen molar-refractivity contribution >= 4 is 40.6 Å². The van der Waals surface area contributed by atoms with Crippen molar-refractivity contribution in [2.45, 2.75) is 6.92 Å². The summed E-state index contributed by atoms with van der Waals surface area (Å²) in [6.45, 7) is 1.99. The number of nitrogens with zero attached hydrogens (tertiary/aromatic N) is 1. The van der Waals surface area contributed by atoms with Gasteiger partial charge in [-0.2, -0.15) is 0 Å². The van der Waals surface area contributed by atoms with Gasteiger partial charge in [-0.05, 0) is 48.5 Å². The molecule has 0 saturated carbocycles. The summed E-state index contributed by atoms with van der Waals surface area (Å²) >= 11 is 1.23.